The lowest BCUT2D eigenvalue weighted by Gasteiger charge is -2.04. The highest BCUT2D eigenvalue weighted by Crippen LogP contribution is 2.14. The van der Waals surface area contributed by atoms with E-state index < -0.39 is 11.6 Å². The van der Waals surface area contributed by atoms with Crippen molar-refractivity contribution in [2.24, 2.45) is 5.73 Å². The number of rotatable bonds is 3. The van der Waals surface area contributed by atoms with Gasteiger partial charge in [-0.25, -0.2) is 8.78 Å². The van der Waals surface area contributed by atoms with Crippen LogP contribution in [0.3, 0.4) is 0 Å². The molecule has 0 amide bonds. The van der Waals surface area contributed by atoms with Crippen LogP contribution in [-0.2, 0) is 0 Å². The van der Waals surface area contributed by atoms with E-state index in [1.807, 2.05) is 0 Å². The first-order valence-corrected chi connectivity index (χ1v) is 3.50. The normalized spacial score (nSPS) is 9.69. The maximum absolute atomic E-state index is 12.5. The molecule has 13 heavy (non-hydrogen) atoms. The van der Waals surface area contributed by atoms with E-state index in [9.17, 15) is 8.78 Å². The summed E-state index contributed by atoms with van der Waals surface area (Å²) in [7, 11) is 0. The van der Waals surface area contributed by atoms with E-state index in [0.717, 1.165) is 18.2 Å². The fourth-order valence-corrected chi connectivity index (χ4v) is 0.773. The number of halogens is 2. The van der Waals surface area contributed by atoms with Crippen LogP contribution in [0.25, 0.3) is 0 Å². The molecule has 0 aliphatic heterocycles. The summed E-state index contributed by atoms with van der Waals surface area (Å²) in [4.78, 5) is 0. The lowest BCUT2D eigenvalue weighted by atomic mass is 10.3. The van der Waals surface area contributed by atoms with Crippen molar-refractivity contribution in [3.05, 3.63) is 29.8 Å². The van der Waals surface area contributed by atoms with Gasteiger partial charge in [0.15, 0.2) is 0 Å². The molecule has 1 aromatic carbocycles. The van der Waals surface area contributed by atoms with E-state index >= 15 is 0 Å². The average molecular weight is 186 g/mol. The van der Waals surface area contributed by atoms with Crippen LogP contribution in [0, 0.1) is 17.0 Å². The van der Waals surface area contributed by atoms with Gasteiger partial charge in [-0.2, -0.15) is 0 Å². The van der Waals surface area contributed by atoms with Gasteiger partial charge in [0.1, 0.15) is 29.8 Å². The molecule has 0 aliphatic rings. The second kappa shape index (κ2) is 3.84. The van der Waals surface area contributed by atoms with Gasteiger partial charge in [-0.3, -0.25) is 5.41 Å². The van der Waals surface area contributed by atoms with Crippen molar-refractivity contribution in [3.63, 3.8) is 0 Å². The Bertz CT molecular complexity index is 308. The molecule has 0 heterocycles. The minimum atomic E-state index is -0.724. The van der Waals surface area contributed by atoms with Crippen LogP contribution in [0.1, 0.15) is 0 Å². The van der Waals surface area contributed by atoms with Crippen molar-refractivity contribution in [3.8, 4) is 5.75 Å². The van der Waals surface area contributed by atoms with Gasteiger partial charge in [-0.1, -0.05) is 0 Å². The van der Waals surface area contributed by atoms with Crippen LogP contribution in [0.2, 0.25) is 0 Å². The highest BCUT2D eigenvalue weighted by molar-refractivity contribution is 5.78. The largest absolute Gasteiger partial charge is 0.486 e. The lowest BCUT2D eigenvalue weighted by molar-refractivity contribution is 0.368. The van der Waals surface area contributed by atoms with Crippen LogP contribution in [0.5, 0.6) is 5.75 Å². The van der Waals surface area contributed by atoms with E-state index in [-0.39, 0.29) is 18.2 Å². The molecule has 70 valence electrons. The molecular weight excluding hydrogens is 178 g/mol. The number of amidine groups is 1. The smallest absolute Gasteiger partial charge is 0.145 e. The second-order valence-corrected chi connectivity index (χ2v) is 2.42. The van der Waals surface area contributed by atoms with E-state index in [0.29, 0.717) is 0 Å². The standard InChI is InChI=1S/C8H8F2N2O/c9-5-1-6(10)3-7(2-5)13-4-8(11)12/h1-3H,4H2,(H3,11,12). The zero-order valence-electron chi connectivity index (χ0n) is 6.68. The number of nitrogens with one attached hydrogen (secondary N) is 1. The van der Waals surface area contributed by atoms with Gasteiger partial charge >= 0.3 is 0 Å². The van der Waals surface area contributed by atoms with Gasteiger partial charge < -0.3 is 10.5 Å². The molecule has 1 rings (SSSR count). The quantitative estimate of drug-likeness (QED) is 0.551. The molecule has 0 spiro atoms. The van der Waals surface area contributed by atoms with Crippen molar-refractivity contribution >= 4 is 5.84 Å². The van der Waals surface area contributed by atoms with Crippen molar-refractivity contribution < 1.29 is 13.5 Å². The van der Waals surface area contributed by atoms with Crippen molar-refractivity contribution in [2.75, 3.05) is 6.61 Å². The number of hydrogen-bond donors (Lipinski definition) is 2. The Morgan fingerprint density at radius 1 is 1.31 bits per heavy atom. The Morgan fingerprint density at radius 2 is 1.85 bits per heavy atom. The first-order chi connectivity index (χ1) is 6.08. The van der Waals surface area contributed by atoms with Gasteiger partial charge in [0, 0.05) is 18.2 Å². The maximum Gasteiger partial charge on any atom is 0.145 e. The summed E-state index contributed by atoms with van der Waals surface area (Å²) in [6, 6.07) is 2.78. The molecule has 0 atom stereocenters. The minimum Gasteiger partial charge on any atom is -0.486 e. The van der Waals surface area contributed by atoms with Crippen LogP contribution in [0.4, 0.5) is 8.78 Å². The topological polar surface area (TPSA) is 59.1 Å². The summed E-state index contributed by atoms with van der Waals surface area (Å²) < 4.78 is 29.9. The van der Waals surface area contributed by atoms with Gasteiger partial charge in [0.25, 0.3) is 0 Å². The zero-order chi connectivity index (χ0) is 9.84. The van der Waals surface area contributed by atoms with Gasteiger partial charge in [0.05, 0.1) is 0 Å². The fraction of sp³-hybridized carbons (Fsp3) is 0.125. The minimum absolute atomic E-state index is 0.0210. The molecule has 0 aliphatic carbocycles. The molecule has 0 unspecified atom stereocenters. The number of benzene rings is 1. The Balaban J connectivity index is 2.71. The third kappa shape index (κ3) is 3.06. The predicted octanol–water partition coefficient (Wildman–Crippen LogP) is 1.28. The van der Waals surface area contributed by atoms with Crippen LogP contribution in [0.15, 0.2) is 18.2 Å². The van der Waals surface area contributed by atoms with Crippen LogP contribution in [-0.4, -0.2) is 12.4 Å². The molecular formula is C8H8F2N2O. The summed E-state index contributed by atoms with van der Waals surface area (Å²) >= 11 is 0. The third-order valence-corrected chi connectivity index (χ3v) is 1.23. The Labute approximate surface area is 73.6 Å². The van der Waals surface area contributed by atoms with Crippen LogP contribution >= 0.6 is 0 Å². The number of hydrogen-bond acceptors (Lipinski definition) is 2. The van der Waals surface area contributed by atoms with Gasteiger partial charge in [-0.15, -0.1) is 0 Å². The van der Waals surface area contributed by atoms with E-state index in [1.165, 1.54) is 0 Å². The van der Waals surface area contributed by atoms with Gasteiger partial charge in [-0.05, 0) is 0 Å². The van der Waals surface area contributed by atoms with E-state index in [2.05, 4.69) is 0 Å². The third-order valence-electron chi connectivity index (χ3n) is 1.23. The summed E-state index contributed by atoms with van der Waals surface area (Å²) in [6.07, 6.45) is 0. The van der Waals surface area contributed by atoms with Crippen molar-refractivity contribution in [1.29, 1.82) is 5.41 Å². The summed E-state index contributed by atoms with van der Waals surface area (Å²) in [6.45, 7) is -0.178. The summed E-state index contributed by atoms with van der Waals surface area (Å²) in [5.41, 5.74) is 4.99. The molecule has 3 nitrogen and oxygen atoms in total. The SMILES string of the molecule is N=C(N)COc1cc(F)cc(F)c1. The lowest BCUT2D eigenvalue weighted by Crippen LogP contribution is -2.19. The molecule has 1 aromatic rings. The maximum atomic E-state index is 12.5. The number of ether oxygens (including phenoxy) is 1. The monoisotopic (exact) mass is 186 g/mol. The van der Waals surface area contributed by atoms with Gasteiger partial charge in [0.2, 0.25) is 0 Å². The van der Waals surface area contributed by atoms with E-state index in [4.69, 9.17) is 15.9 Å². The van der Waals surface area contributed by atoms with Crippen molar-refractivity contribution in [2.45, 2.75) is 0 Å². The highest BCUT2D eigenvalue weighted by atomic mass is 19.1. The van der Waals surface area contributed by atoms with Crippen molar-refractivity contribution in [1.82, 2.24) is 0 Å². The molecule has 0 saturated carbocycles. The molecule has 3 N–H and O–H groups in total. The van der Waals surface area contributed by atoms with Crippen LogP contribution < -0.4 is 10.5 Å². The highest BCUT2D eigenvalue weighted by Gasteiger charge is 2.01. The molecule has 0 fully saturated rings. The average Bonchev–Trinajstić information content (AvgIpc) is 1.99. The Morgan fingerprint density at radius 3 is 2.31 bits per heavy atom. The number of nitrogens with two attached hydrogens (primary N) is 1. The summed E-state index contributed by atoms with van der Waals surface area (Å²) in [5, 5.41) is 6.82. The zero-order valence-corrected chi connectivity index (χ0v) is 6.68. The first kappa shape index (κ1) is 9.44. The Hall–Kier alpha value is -1.65. The Kier molecular flexibility index (Phi) is 2.79. The first-order valence-electron chi connectivity index (χ1n) is 3.50. The molecule has 0 saturated heterocycles. The molecule has 0 aromatic heterocycles. The second-order valence-electron chi connectivity index (χ2n) is 2.42. The van der Waals surface area contributed by atoms with E-state index in [1.54, 1.807) is 0 Å². The summed E-state index contributed by atoms with van der Waals surface area (Å²) in [5.74, 6) is -1.63. The fourth-order valence-electron chi connectivity index (χ4n) is 0.773. The predicted molar refractivity (Wildman–Crippen MR) is 43.8 cm³/mol. The molecule has 0 bridgehead atoms. The molecule has 0 radical (unpaired) electrons. The molecule has 5 heteroatoms.